The predicted molar refractivity (Wildman–Crippen MR) is 124 cm³/mol. The van der Waals surface area contributed by atoms with Crippen molar-refractivity contribution >= 4 is 46.5 Å². The summed E-state index contributed by atoms with van der Waals surface area (Å²) in [5, 5.41) is 14.6. The van der Waals surface area contributed by atoms with Gasteiger partial charge in [-0.05, 0) is 43.0 Å². The Morgan fingerprint density at radius 2 is 2.06 bits per heavy atom. The highest BCUT2D eigenvalue weighted by Gasteiger charge is 2.51. The van der Waals surface area contributed by atoms with Gasteiger partial charge >= 0.3 is 17.7 Å². The maximum atomic E-state index is 13.9. The van der Waals surface area contributed by atoms with E-state index in [-0.39, 0.29) is 5.82 Å². The quantitative estimate of drug-likeness (QED) is 0.435. The van der Waals surface area contributed by atoms with E-state index in [9.17, 15) is 14.4 Å². The Balaban J connectivity index is 1.51. The number of aryl methyl sites for hydroxylation is 1. The van der Waals surface area contributed by atoms with Gasteiger partial charge in [-0.3, -0.25) is 4.57 Å². The Kier molecular flexibility index (Phi) is 4.88. The maximum absolute atomic E-state index is 13.9. The molecule has 3 amide bonds. The number of oxazole rings is 1. The molecule has 0 spiro atoms. The fourth-order valence-electron chi connectivity index (χ4n) is 4.92. The standard InChI is InChI=1S/C23H19ClN7O4/c1-29-18-9-8-12(10-19(18)35-23(29)34)30-11-15(20-25-27-28-26-20)21(32)31(22(30)33)17-7-3-4-13-14(17)5-2-6-16(13)24/h2,5-6,8-11,15,17H,3-4,7H2,1H3,(H,25,26,27,28)/q+1. The average Bonchev–Trinajstić information content (AvgIpc) is 3.48. The molecule has 2 atom stereocenters. The number of nitrogens with one attached hydrogen (secondary N) is 1. The minimum absolute atomic E-state index is 0.145. The van der Waals surface area contributed by atoms with Crippen LogP contribution in [0.5, 0.6) is 0 Å². The van der Waals surface area contributed by atoms with Gasteiger partial charge in [0.25, 0.3) is 0 Å². The van der Waals surface area contributed by atoms with E-state index in [1.807, 2.05) is 18.2 Å². The zero-order valence-electron chi connectivity index (χ0n) is 18.5. The Morgan fingerprint density at radius 3 is 2.86 bits per heavy atom. The molecule has 176 valence electrons. The van der Waals surface area contributed by atoms with Crippen LogP contribution in [0.4, 0.5) is 10.5 Å². The highest BCUT2D eigenvalue weighted by Crippen LogP contribution is 2.40. The Hall–Kier alpha value is -4.12. The van der Waals surface area contributed by atoms with Crippen LogP contribution < -0.4 is 5.76 Å². The Labute approximate surface area is 202 Å². The summed E-state index contributed by atoms with van der Waals surface area (Å²) in [6.45, 7) is 0. The number of halogens is 1. The van der Waals surface area contributed by atoms with Crippen molar-refractivity contribution in [3.8, 4) is 0 Å². The van der Waals surface area contributed by atoms with Gasteiger partial charge in [0.1, 0.15) is 11.7 Å². The molecule has 35 heavy (non-hydrogen) atoms. The number of urea groups is 1. The van der Waals surface area contributed by atoms with Crippen LogP contribution >= 0.6 is 11.6 Å². The number of aromatic nitrogens is 5. The van der Waals surface area contributed by atoms with E-state index in [4.69, 9.17) is 16.0 Å². The van der Waals surface area contributed by atoms with Crippen LogP contribution in [-0.4, -0.2) is 52.8 Å². The number of carbonyl (C=O) groups is 2. The first-order valence-corrected chi connectivity index (χ1v) is 11.4. The van der Waals surface area contributed by atoms with Crippen LogP contribution in [0.15, 0.2) is 45.6 Å². The highest BCUT2D eigenvalue weighted by molar-refractivity contribution is 6.31. The van der Waals surface area contributed by atoms with E-state index in [1.165, 1.54) is 20.3 Å². The molecule has 2 aromatic heterocycles. The summed E-state index contributed by atoms with van der Waals surface area (Å²) in [5.74, 6) is -1.76. The topological polar surface area (TPSA) is 130 Å². The van der Waals surface area contributed by atoms with Crippen LogP contribution in [0.3, 0.4) is 0 Å². The predicted octanol–water partition coefficient (Wildman–Crippen LogP) is 2.84. The van der Waals surface area contributed by atoms with Gasteiger partial charge in [0.15, 0.2) is 17.3 Å². The van der Waals surface area contributed by atoms with Gasteiger partial charge in [-0.1, -0.05) is 28.9 Å². The van der Waals surface area contributed by atoms with E-state index < -0.39 is 29.7 Å². The molecule has 0 fully saturated rings. The lowest BCUT2D eigenvalue weighted by atomic mass is 9.86. The monoisotopic (exact) mass is 492 g/mol. The van der Waals surface area contributed by atoms with Crippen molar-refractivity contribution in [2.45, 2.75) is 31.2 Å². The third-order valence-corrected chi connectivity index (χ3v) is 6.99. The lowest BCUT2D eigenvalue weighted by molar-refractivity contribution is -0.345. The summed E-state index contributed by atoms with van der Waals surface area (Å²) in [6, 6.07) is 9.50. The van der Waals surface area contributed by atoms with Gasteiger partial charge in [0, 0.05) is 23.7 Å². The molecule has 2 unspecified atom stereocenters. The summed E-state index contributed by atoms with van der Waals surface area (Å²) in [6.07, 6.45) is 3.62. The second-order valence-electron chi connectivity index (χ2n) is 8.55. The molecular weight excluding hydrogens is 474 g/mol. The Morgan fingerprint density at radius 1 is 1.20 bits per heavy atom. The smallest absolute Gasteiger partial charge is 0.408 e. The van der Waals surface area contributed by atoms with Crippen molar-refractivity contribution in [1.82, 2.24) is 30.1 Å². The summed E-state index contributed by atoms with van der Waals surface area (Å²) < 4.78 is 8.05. The van der Waals surface area contributed by atoms with Crippen molar-refractivity contribution in [3.05, 3.63) is 68.9 Å². The van der Waals surface area contributed by atoms with Gasteiger partial charge in [0.05, 0.1) is 11.7 Å². The SMILES string of the molecule is Cn1c(=O)oc2cc([N+]3=CC(c4nn[nH]n4)C(=O)N(C4CCCc5c(Cl)cccc54)C3=O)ccc21. The van der Waals surface area contributed by atoms with Gasteiger partial charge in [-0.25, -0.2) is 9.59 Å². The lowest BCUT2D eigenvalue weighted by Crippen LogP contribution is -2.51. The minimum Gasteiger partial charge on any atom is -0.408 e. The van der Waals surface area contributed by atoms with E-state index >= 15 is 0 Å². The van der Waals surface area contributed by atoms with Crippen molar-refractivity contribution in [3.63, 3.8) is 0 Å². The highest BCUT2D eigenvalue weighted by atomic mass is 35.5. The van der Waals surface area contributed by atoms with Crippen molar-refractivity contribution in [1.29, 1.82) is 0 Å². The number of nitrogens with zero attached hydrogens (tertiary/aromatic N) is 6. The fourth-order valence-corrected chi connectivity index (χ4v) is 5.19. The maximum Gasteiger partial charge on any atom is 0.506 e. The van der Waals surface area contributed by atoms with Gasteiger partial charge in [0.2, 0.25) is 0 Å². The number of hydrogen-bond acceptors (Lipinski definition) is 7. The zero-order chi connectivity index (χ0) is 24.3. The van der Waals surface area contributed by atoms with E-state index in [0.29, 0.717) is 28.2 Å². The largest absolute Gasteiger partial charge is 0.506 e. The van der Waals surface area contributed by atoms with E-state index in [2.05, 4.69) is 20.6 Å². The molecule has 3 heterocycles. The molecule has 1 aliphatic heterocycles. The summed E-state index contributed by atoms with van der Waals surface area (Å²) in [5.41, 5.74) is 3.14. The number of amides is 3. The second-order valence-corrected chi connectivity index (χ2v) is 8.96. The summed E-state index contributed by atoms with van der Waals surface area (Å²) in [4.78, 5) is 40.8. The molecule has 1 N–H and O–H groups in total. The number of benzene rings is 2. The molecule has 2 aliphatic rings. The number of tetrazole rings is 1. The summed E-state index contributed by atoms with van der Waals surface area (Å²) >= 11 is 6.45. The first kappa shape index (κ1) is 21.4. The molecule has 4 aromatic rings. The molecule has 2 aromatic carbocycles. The molecule has 0 radical (unpaired) electrons. The number of aromatic amines is 1. The molecule has 6 rings (SSSR count). The lowest BCUT2D eigenvalue weighted by Gasteiger charge is -2.32. The van der Waals surface area contributed by atoms with Crippen LogP contribution in [-0.2, 0) is 18.3 Å². The van der Waals surface area contributed by atoms with Crippen LogP contribution in [0.2, 0.25) is 5.02 Å². The third-order valence-electron chi connectivity index (χ3n) is 6.64. The number of imide groups is 1. The molecule has 0 saturated carbocycles. The van der Waals surface area contributed by atoms with Crippen LogP contribution in [0.1, 0.15) is 41.8 Å². The average molecular weight is 493 g/mol. The Bertz CT molecular complexity index is 1590. The first-order valence-electron chi connectivity index (χ1n) is 11.1. The van der Waals surface area contributed by atoms with Gasteiger partial charge in [-0.15, -0.1) is 10.2 Å². The fraction of sp³-hybridized carbons (Fsp3) is 0.261. The van der Waals surface area contributed by atoms with Gasteiger partial charge < -0.3 is 4.42 Å². The van der Waals surface area contributed by atoms with E-state index in [1.54, 1.807) is 25.2 Å². The first-order chi connectivity index (χ1) is 16.9. The molecule has 11 nitrogen and oxygen atoms in total. The van der Waals surface area contributed by atoms with Crippen molar-refractivity contribution in [2.24, 2.45) is 7.05 Å². The van der Waals surface area contributed by atoms with Crippen molar-refractivity contribution < 1.29 is 18.6 Å². The summed E-state index contributed by atoms with van der Waals surface area (Å²) in [7, 11) is 1.60. The van der Waals surface area contributed by atoms with Crippen LogP contribution in [0, 0.1) is 0 Å². The van der Waals surface area contributed by atoms with Crippen LogP contribution in [0.25, 0.3) is 11.1 Å². The molecule has 0 bridgehead atoms. The zero-order valence-corrected chi connectivity index (χ0v) is 19.3. The van der Waals surface area contributed by atoms with E-state index in [0.717, 1.165) is 24.0 Å². The number of carbonyl (C=O) groups excluding carboxylic acids is 2. The minimum atomic E-state index is -0.950. The molecule has 0 saturated heterocycles. The molecule has 12 heteroatoms. The van der Waals surface area contributed by atoms with Crippen molar-refractivity contribution in [2.75, 3.05) is 0 Å². The number of rotatable bonds is 3. The normalized spacial score (nSPS) is 20.3. The molecular formula is C23H19ClN7O4+. The van der Waals surface area contributed by atoms with Gasteiger partial charge in [-0.2, -0.15) is 19.5 Å². The number of fused-ring (bicyclic) bond motifs is 2. The second kappa shape index (κ2) is 7.98. The number of hydrogen-bond donors (Lipinski definition) is 1. The number of H-pyrrole nitrogens is 1. The third kappa shape index (κ3) is 3.30. The molecule has 1 aliphatic carbocycles.